The van der Waals surface area contributed by atoms with Crippen molar-refractivity contribution in [2.45, 2.75) is 41.0 Å². The molecule has 0 atom stereocenters. The standard InChI is InChI=1S/C14H29NO2/c1-12(2)11-15(9-10-17-6)8-7-13(16)14(3,4)5/h12H,7-11H2,1-6H3. The van der Waals surface area contributed by atoms with E-state index in [-0.39, 0.29) is 5.41 Å². The zero-order chi connectivity index (χ0) is 13.5. The van der Waals surface area contributed by atoms with E-state index in [1.807, 2.05) is 20.8 Å². The molecule has 0 aliphatic carbocycles. The van der Waals surface area contributed by atoms with Crippen LogP contribution in [0.3, 0.4) is 0 Å². The lowest BCUT2D eigenvalue weighted by atomic mass is 9.89. The van der Waals surface area contributed by atoms with Gasteiger partial charge in [-0.2, -0.15) is 0 Å². The van der Waals surface area contributed by atoms with Crippen LogP contribution in [0.1, 0.15) is 41.0 Å². The Labute approximate surface area is 107 Å². The Morgan fingerprint density at radius 1 is 1.24 bits per heavy atom. The van der Waals surface area contributed by atoms with Gasteiger partial charge < -0.3 is 9.64 Å². The highest BCUT2D eigenvalue weighted by Gasteiger charge is 2.21. The van der Waals surface area contributed by atoms with Gasteiger partial charge in [0.25, 0.3) is 0 Å². The van der Waals surface area contributed by atoms with Gasteiger partial charge in [-0.05, 0) is 5.92 Å². The van der Waals surface area contributed by atoms with E-state index in [1.165, 1.54) is 0 Å². The van der Waals surface area contributed by atoms with Crippen LogP contribution >= 0.6 is 0 Å². The van der Waals surface area contributed by atoms with Crippen molar-refractivity contribution in [2.75, 3.05) is 33.4 Å². The summed E-state index contributed by atoms with van der Waals surface area (Å²) in [6, 6.07) is 0. The van der Waals surface area contributed by atoms with Gasteiger partial charge in [0.1, 0.15) is 5.78 Å². The van der Waals surface area contributed by atoms with Crippen LogP contribution in [-0.2, 0) is 9.53 Å². The van der Waals surface area contributed by atoms with Crippen LogP contribution in [0.2, 0.25) is 0 Å². The highest BCUT2D eigenvalue weighted by Crippen LogP contribution is 2.17. The summed E-state index contributed by atoms with van der Waals surface area (Å²) < 4.78 is 5.10. The Morgan fingerprint density at radius 3 is 2.24 bits per heavy atom. The molecule has 0 saturated carbocycles. The summed E-state index contributed by atoms with van der Waals surface area (Å²) in [4.78, 5) is 14.2. The van der Waals surface area contributed by atoms with E-state index in [4.69, 9.17) is 4.74 Å². The van der Waals surface area contributed by atoms with E-state index < -0.39 is 0 Å². The number of methoxy groups -OCH3 is 1. The second kappa shape index (κ2) is 7.83. The van der Waals surface area contributed by atoms with Crippen LogP contribution in [0.5, 0.6) is 0 Å². The zero-order valence-corrected chi connectivity index (χ0v) is 12.4. The molecule has 0 aromatic carbocycles. The van der Waals surface area contributed by atoms with Gasteiger partial charge in [0.15, 0.2) is 0 Å². The summed E-state index contributed by atoms with van der Waals surface area (Å²) in [5, 5.41) is 0. The van der Waals surface area contributed by atoms with Gasteiger partial charge >= 0.3 is 0 Å². The van der Waals surface area contributed by atoms with E-state index in [0.717, 1.165) is 26.2 Å². The van der Waals surface area contributed by atoms with Crippen LogP contribution in [-0.4, -0.2) is 44.0 Å². The average Bonchev–Trinajstić information content (AvgIpc) is 2.19. The number of ketones is 1. The quantitative estimate of drug-likeness (QED) is 0.656. The first-order chi connectivity index (χ1) is 7.77. The van der Waals surface area contributed by atoms with Crippen LogP contribution in [0.4, 0.5) is 0 Å². The third-order valence-electron chi connectivity index (χ3n) is 2.73. The predicted octanol–water partition coefficient (Wildman–Crippen LogP) is 2.60. The van der Waals surface area contributed by atoms with Gasteiger partial charge in [0.05, 0.1) is 6.61 Å². The van der Waals surface area contributed by atoms with E-state index in [0.29, 0.717) is 18.1 Å². The van der Waals surface area contributed by atoms with Crippen LogP contribution in [0.25, 0.3) is 0 Å². The van der Waals surface area contributed by atoms with Crippen molar-refractivity contribution in [1.29, 1.82) is 0 Å². The molecule has 0 bridgehead atoms. The maximum absolute atomic E-state index is 11.9. The Hall–Kier alpha value is -0.410. The second-order valence-corrected chi connectivity index (χ2v) is 6.11. The number of carbonyl (C=O) groups is 1. The molecule has 0 aliphatic rings. The van der Waals surface area contributed by atoms with E-state index in [1.54, 1.807) is 7.11 Å². The van der Waals surface area contributed by atoms with Gasteiger partial charge in [-0.1, -0.05) is 34.6 Å². The molecular formula is C14H29NO2. The minimum Gasteiger partial charge on any atom is -0.383 e. The molecule has 17 heavy (non-hydrogen) atoms. The first kappa shape index (κ1) is 16.6. The Morgan fingerprint density at radius 2 is 1.82 bits per heavy atom. The number of hydrogen-bond donors (Lipinski definition) is 0. The Balaban J connectivity index is 4.10. The smallest absolute Gasteiger partial charge is 0.139 e. The Kier molecular flexibility index (Phi) is 7.64. The number of hydrogen-bond acceptors (Lipinski definition) is 3. The summed E-state index contributed by atoms with van der Waals surface area (Å²) in [5.41, 5.74) is -0.218. The topological polar surface area (TPSA) is 29.5 Å². The van der Waals surface area contributed by atoms with Gasteiger partial charge in [0.2, 0.25) is 0 Å². The molecule has 0 unspecified atom stereocenters. The van der Waals surface area contributed by atoms with Crippen molar-refractivity contribution >= 4 is 5.78 Å². The maximum Gasteiger partial charge on any atom is 0.139 e. The molecule has 0 aromatic heterocycles. The third kappa shape index (κ3) is 8.33. The molecule has 102 valence electrons. The van der Waals surface area contributed by atoms with Crippen molar-refractivity contribution in [2.24, 2.45) is 11.3 Å². The molecular weight excluding hydrogens is 214 g/mol. The largest absolute Gasteiger partial charge is 0.383 e. The van der Waals surface area contributed by atoms with Crippen molar-refractivity contribution in [1.82, 2.24) is 4.90 Å². The Bertz CT molecular complexity index is 219. The van der Waals surface area contributed by atoms with Crippen LogP contribution in [0.15, 0.2) is 0 Å². The fraction of sp³-hybridized carbons (Fsp3) is 0.929. The molecule has 0 spiro atoms. The molecule has 0 aromatic rings. The monoisotopic (exact) mass is 243 g/mol. The fourth-order valence-electron chi connectivity index (χ4n) is 1.67. The van der Waals surface area contributed by atoms with Crippen molar-refractivity contribution in [3.8, 4) is 0 Å². The minimum absolute atomic E-state index is 0.218. The molecule has 0 heterocycles. The normalized spacial score (nSPS) is 12.5. The molecule has 0 radical (unpaired) electrons. The van der Waals surface area contributed by atoms with Gasteiger partial charge in [-0.25, -0.2) is 0 Å². The molecule has 0 amide bonds. The third-order valence-corrected chi connectivity index (χ3v) is 2.73. The summed E-state index contributed by atoms with van der Waals surface area (Å²) in [6.07, 6.45) is 0.639. The predicted molar refractivity (Wildman–Crippen MR) is 72.2 cm³/mol. The lowest BCUT2D eigenvalue weighted by Gasteiger charge is -2.25. The number of Topliss-reactive ketones (excluding diaryl/α,β-unsaturated/α-hetero) is 1. The summed E-state index contributed by atoms with van der Waals surface area (Å²) >= 11 is 0. The maximum atomic E-state index is 11.9. The second-order valence-electron chi connectivity index (χ2n) is 6.11. The lowest BCUT2D eigenvalue weighted by molar-refractivity contribution is -0.126. The minimum atomic E-state index is -0.218. The van der Waals surface area contributed by atoms with Crippen molar-refractivity contribution in [3.63, 3.8) is 0 Å². The van der Waals surface area contributed by atoms with Crippen molar-refractivity contribution < 1.29 is 9.53 Å². The number of nitrogens with zero attached hydrogens (tertiary/aromatic N) is 1. The van der Waals surface area contributed by atoms with E-state index >= 15 is 0 Å². The van der Waals surface area contributed by atoms with Gasteiger partial charge in [-0.15, -0.1) is 0 Å². The zero-order valence-electron chi connectivity index (χ0n) is 12.4. The fourth-order valence-corrected chi connectivity index (χ4v) is 1.67. The first-order valence-corrected chi connectivity index (χ1v) is 6.52. The van der Waals surface area contributed by atoms with Crippen molar-refractivity contribution in [3.05, 3.63) is 0 Å². The van der Waals surface area contributed by atoms with E-state index in [2.05, 4.69) is 18.7 Å². The van der Waals surface area contributed by atoms with E-state index in [9.17, 15) is 4.79 Å². The highest BCUT2D eigenvalue weighted by atomic mass is 16.5. The van der Waals surface area contributed by atoms with Gasteiger partial charge in [0, 0.05) is 38.6 Å². The molecule has 0 N–H and O–H groups in total. The molecule has 0 rings (SSSR count). The first-order valence-electron chi connectivity index (χ1n) is 6.52. The lowest BCUT2D eigenvalue weighted by Crippen LogP contribution is -2.34. The SMILES string of the molecule is COCCN(CCC(=O)C(C)(C)C)CC(C)C. The molecule has 3 heteroatoms. The molecule has 3 nitrogen and oxygen atoms in total. The number of rotatable bonds is 8. The summed E-state index contributed by atoms with van der Waals surface area (Å²) in [7, 11) is 1.72. The molecule has 0 saturated heterocycles. The summed E-state index contributed by atoms with van der Waals surface area (Å²) in [5.74, 6) is 0.959. The molecule has 0 fully saturated rings. The number of carbonyl (C=O) groups excluding carboxylic acids is 1. The van der Waals surface area contributed by atoms with Crippen LogP contribution in [0, 0.1) is 11.3 Å². The van der Waals surface area contributed by atoms with Gasteiger partial charge in [-0.3, -0.25) is 4.79 Å². The molecule has 0 aliphatic heterocycles. The van der Waals surface area contributed by atoms with Crippen LogP contribution < -0.4 is 0 Å². The highest BCUT2D eigenvalue weighted by molar-refractivity contribution is 5.83. The summed E-state index contributed by atoms with van der Waals surface area (Å²) in [6.45, 7) is 13.9. The average molecular weight is 243 g/mol. The number of ether oxygens (including phenoxy) is 1.